The minimum Gasteiger partial charge on any atom is -0.550 e. The highest BCUT2D eigenvalue weighted by molar-refractivity contribution is 5.64. The number of nitrogens with zero attached hydrogens (tertiary/aromatic N) is 2. The van der Waals surface area contributed by atoms with Crippen LogP contribution in [0, 0.1) is 0 Å². The lowest BCUT2D eigenvalue weighted by Crippen LogP contribution is -2.44. The second-order valence-electron chi connectivity index (χ2n) is 3.62. The van der Waals surface area contributed by atoms with Gasteiger partial charge in [0, 0.05) is 32.1 Å². The molecule has 0 N–H and O–H groups in total. The van der Waals surface area contributed by atoms with Crippen LogP contribution < -0.4 is 5.11 Å². The fourth-order valence-electron chi connectivity index (χ4n) is 1.52. The second kappa shape index (κ2) is 5.19. The summed E-state index contributed by atoms with van der Waals surface area (Å²) in [6.07, 6.45) is 0.901. The molecule has 0 atom stereocenters. The molecule has 1 aliphatic rings. The van der Waals surface area contributed by atoms with E-state index in [0.717, 1.165) is 32.7 Å². The molecule has 0 unspecified atom stereocenters. The quantitative estimate of drug-likeness (QED) is 0.550. The molecule has 0 bridgehead atoms. The summed E-state index contributed by atoms with van der Waals surface area (Å²) in [5.74, 6) is -0.936. The maximum Gasteiger partial charge on any atom is 0.0414 e. The lowest BCUT2D eigenvalue weighted by atomic mass is 10.2. The Balaban J connectivity index is 2.05. The number of carbonyl (C=O) groups excluding carboxylic acids is 1. The first-order chi connectivity index (χ1) is 6.18. The molecular weight excluding hydrogens is 168 g/mol. The lowest BCUT2D eigenvalue weighted by molar-refractivity contribution is -0.305. The van der Waals surface area contributed by atoms with E-state index in [9.17, 15) is 9.90 Å². The molecule has 0 aromatic carbocycles. The molecule has 1 fully saturated rings. The number of carboxylic acid groups (broad SMARTS) is 1. The highest BCUT2D eigenvalue weighted by Crippen LogP contribution is 2.00. The Morgan fingerprint density at radius 2 is 1.92 bits per heavy atom. The van der Waals surface area contributed by atoms with Gasteiger partial charge in [-0.3, -0.25) is 0 Å². The van der Waals surface area contributed by atoms with Crippen molar-refractivity contribution in [3.05, 3.63) is 0 Å². The van der Waals surface area contributed by atoms with Crippen LogP contribution in [-0.4, -0.2) is 55.5 Å². The van der Waals surface area contributed by atoms with Gasteiger partial charge >= 0.3 is 0 Å². The molecule has 1 aliphatic heterocycles. The first-order valence-corrected chi connectivity index (χ1v) is 4.79. The van der Waals surface area contributed by atoms with Crippen LogP contribution in [-0.2, 0) is 4.79 Å². The molecule has 13 heavy (non-hydrogen) atoms. The third-order valence-electron chi connectivity index (χ3n) is 2.45. The first kappa shape index (κ1) is 10.5. The normalized spacial score (nSPS) is 20.4. The van der Waals surface area contributed by atoms with Crippen LogP contribution in [0.15, 0.2) is 0 Å². The van der Waals surface area contributed by atoms with Gasteiger partial charge in [0.2, 0.25) is 0 Å². The second-order valence-corrected chi connectivity index (χ2v) is 3.62. The maximum atomic E-state index is 10.2. The number of aliphatic carboxylic acids is 1. The molecule has 0 aliphatic carbocycles. The van der Waals surface area contributed by atoms with Crippen LogP contribution in [0.5, 0.6) is 0 Å². The molecular formula is C9H17N2O2-. The van der Waals surface area contributed by atoms with E-state index in [0.29, 0.717) is 6.42 Å². The van der Waals surface area contributed by atoms with Crippen molar-refractivity contribution in [3.8, 4) is 0 Å². The molecule has 0 aromatic heterocycles. The number of carboxylic acids is 1. The summed E-state index contributed by atoms with van der Waals surface area (Å²) < 4.78 is 0. The van der Waals surface area contributed by atoms with E-state index in [-0.39, 0.29) is 6.42 Å². The number of rotatable bonds is 4. The molecule has 0 aromatic rings. The highest BCUT2D eigenvalue weighted by Gasteiger charge is 2.12. The van der Waals surface area contributed by atoms with E-state index >= 15 is 0 Å². The average Bonchev–Trinajstić information content (AvgIpc) is 2.08. The lowest BCUT2D eigenvalue weighted by Gasteiger charge is -2.32. The van der Waals surface area contributed by atoms with Crippen LogP contribution in [0.25, 0.3) is 0 Å². The third kappa shape index (κ3) is 4.24. The summed E-state index contributed by atoms with van der Waals surface area (Å²) >= 11 is 0. The van der Waals surface area contributed by atoms with Crippen LogP contribution >= 0.6 is 0 Å². The Labute approximate surface area is 79.1 Å². The van der Waals surface area contributed by atoms with Gasteiger partial charge in [-0.15, -0.1) is 0 Å². The number of carbonyl (C=O) groups is 1. The van der Waals surface area contributed by atoms with Crippen molar-refractivity contribution in [1.82, 2.24) is 9.80 Å². The van der Waals surface area contributed by atoms with Gasteiger partial charge in [0.05, 0.1) is 0 Å². The maximum absolute atomic E-state index is 10.2. The predicted molar refractivity (Wildman–Crippen MR) is 48.2 cm³/mol. The molecule has 76 valence electrons. The summed E-state index contributed by atoms with van der Waals surface area (Å²) in [5.41, 5.74) is 0. The molecule has 0 spiro atoms. The third-order valence-corrected chi connectivity index (χ3v) is 2.45. The number of hydrogen-bond acceptors (Lipinski definition) is 4. The molecule has 1 saturated heterocycles. The monoisotopic (exact) mass is 185 g/mol. The van der Waals surface area contributed by atoms with Crippen LogP contribution in [0.1, 0.15) is 12.8 Å². The van der Waals surface area contributed by atoms with Crippen molar-refractivity contribution in [2.45, 2.75) is 12.8 Å². The van der Waals surface area contributed by atoms with E-state index in [2.05, 4.69) is 16.8 Å². The largest absolute Gasteiger partial charge is 0.550 e. The van der Waals surface area contributed by atoms with E-state index in [1.165, 1.54) is 0 Å². The average molecular weight is 185 g/mol. The van der Waals surface area contributed by atoms with Crippen molar-refractivity contribution in [2.75, 3.05) is 39.8 Å². The van der Waals surface area contributed by atoms with Crippen LogP contribution in [0.2, 0.25) is 0 Å². The van der Waals surface area contributed by atoms with Gasteiger partial charge in [-0.2, -0.15) is 0 Å². The Morgan fingerprint density at radius 1 is 1.31 bits per heavy atom. The van der Waals surface area contributed by atoms with Crippen molar-refractivity contribution in [2.24, 2.45) is 0 Å². The topological polar surface area (TPSA) is 46.6 Å². The zero-order chi connectivity index (χ0) is 9.68. The minimum absolute atomic E-state index is 0.187. The summed E-state index contributed by atoms with van der Waals surface area (Å²) in [7, 11) is 2.11. The van der Waals surface area contributed by atoms with Gasteiger partial charge in [-0.1, -0.05) is 0 Å². The van der Waals surface area contributed by atoms with Crippen molar-refractivity contribution in [1.29, 1.82) is 0 Å². The summed E-state index contributed by atoms with van der Waals surface area (Å²) in [5, 5.41) is 10.2. The molecule has 0 radical (unpaired) electrons. The van der Waals surface area contributed by atoms with Crippen molar-refractivity contribution < 1.29 is 9.90 Å². The van der Waals surface area contributed by atoms with Gasteiger partial charge in [-0.25, -0.2) is 0 Å². The van der Waals surface area contributed by atoms with E-state index < -0.39 is 5.97 Å². The summed E-state index contributed by atoms with van der Waals surface area (Å²) in [6, 6.07) is 0. The summed E-state index contributed by atoms with van der Waals surface area (Å²) in [4.78, 5) is 14.8. The summed E-state index contributed by atoms with van der Waals surface area (Å²) in [6.45, 7) is 5.19. The Kier molecular flexibility index (Phi) is 4.18. The molecule has 1 rings (SSSR count). The molecule has 0 saturated carbocycles. The van der Waals surface area contributed by atoms with Crippen LogP contribution in [0.3, 0.4) is 0 Å². The SMILES string of the molecule is CN1CCN(CCCC(=O)[O-])CC1. The van der Waals surface area contributed by atoms with Crippen molar-refractivity contribution in [3.63, 3.8) is 0 Å². The number of likely N-dealkylation sites (N-methyl/N-ethyl adjacent to an activating group) is 1. The fourth-order valence-corrected chi connectivity index (χ4v) is 1.52. The van der Waals surface area contributed by atoms with Gasteiger partial charge in [0.25, 0.3) is 0 Å². The number of hydrogen-bond donors (Lipinski definition) is 0. The fraction of sp³-hybridized carbons (Fsp3) is 0.889. The molecule has 4 nitrogen and oxygen atoms in total. The minimum atomic E-state index is -0.936. The van der Waals surface area contributed by atoms with Gasteiger partial charge in [0.15, 0.2) is 0 Å². The molecule has 4 heteroatoms. The van der Waals surface area contributed by atoms with Gasteiger partial charge in [0.1, 0.15) is 0 Å². The van der Waals surface area contributed by atoms with Gasteiger partial charge in [-0.05, 0) is 26.4 Å². The first-order valence-electron chi connectivity index (χ1n) is 4.79. The highest BCUT2D eigenvalue weighted by atomic mass is 16.4. The molecule has 0 amide bonds. The number of piperazine rings is 1. The van der Waals surface area contributed by atoms with Crippen molar-refractivity contribution >= 4 is 5.97 Å². The van der Waals surface area contributed by atoms with E-state index in [1.807, 2.05) is 0 Å². The zero-order valence-electron chi connectivity index (χ0n) is 8.16. The smallest absolute Gasteiger partial charge is 0.0414 e. The Bertz CT molecular complexity index is 165. The Morgan fingerprint density at radius 3 is 2.46 bits per heavy atom. The predicted octanol–water partition coefficient (Wildman–Crippen LogP) is -1.24. The van der Waals surface area contributed by atoms with Crippen LogP contribution in [0.4, 0.5) is 0 Å². The zero-order valence-corrected chi connectivity index (χ0v) is 8.16. The molecule has 1 heterocycles. The van der Waals surface area contributed by atoms with E-state index in [1.54, 1.807) is 0 Å². The Hall–Kier alpha value is -0.610. The van der Waals surface area contributed by atoms with Gasteiger partial charge < -0.3 is 19.7 Å². The van der Waals surface area contributed by atoms with E-state index in [4.69, 9.17) is 0 Å². The standard InChI is InChI=1S/C9H18N2O2/c1-10-5-7-11(8-6-10)4-2-3-9(12)13/h2-8H2,1H3,(H,12,13)/p-1.